The minimum atomic E-state index is 0.166. The summed E-state index contributed by atoms with van der Waals surface area (Å²) in [5, 5.41) is 8.29. The Morgan fingerprint density at radius 3 is 3.35 bits per heavy atom. The smallest absolute Gasteiger partial charge is 0.220 e. The zero-order valence-electron chi connectivity index (χ0n) is 9.35. The molecule has 0 bridgehead atoms. The first-order valence-electron chi connectivity index (χ1n) is 5.72. The minimum absolute atomic E-state index is 0.166. The number of nitrogens with one attached hydrogen (secondary N) is 2. The van der Waals surface area contributed by atoms with Crippen LogP contribution in [0.1, 0.15) is 18.5 Å². The average Bonchev–Trinajstić information content (AvgIpc) is 2.94. The predicted molar refractivity (Wildman–Crippen MR) is 65.9 cm³/mol. The summed E-state index contributed by atoms with van der Waals surface area (Å²) in [4.78, 5) is 16.5. The van der Waals surface area contributed by atoms with Crippen molar-refractivity contribution in [3.63, 3.8) is 0 Å². The Balaban J connectivity index is 1.51. The maximum atomic E-state index is 11.0. The zero-order chi connectivity index (χ0) is 11.7. The van der Waals surface area contributed by atoms with Crippen LogP contribution in [0.3, 0.4) is 0 Å². The highest BCUT2D eigenvalue weighted by Gasteiger charge is 2.19. The van der Waals surface area contributed by atoms with Crippen molar-refractivity contribution in [1.82, 2.24) is 20.0 Å². The van der Waals surface area contributed by atoms with E-state index in [4.69, 9.17) is 0 Å². The maximum Gasteiger partial charge on any atom is 0.220 e. The lowest BCUT2D eigenvalue weighted by Crippen LogP contribution is -2.35. The number of nitrogens with zero attached hydrogens (tertiary/aromatic N) is 2. The van der Waals surface area contributed by atoms with E-state index in [0.29, 0.717) is 6.42 Å². The Bertz CT molecular complexity index is 504. The molecule has 90 valence electrons. The van der Waals surface area contributed by atoms with Crippen molar-refractivity contribution in [2.24, 2.45) is 0 Å². The number of carbonyl (C=O) groups excluding carboxylic acids is 1. The summed E-state index contributed by atoms with van der Waals surface area (Å²) in [6.07, 6.45) is 5.64. The lowest BCUT2D eigenvalue weighted by molar-refractivity contribution is -0.119. The molecule has 1 amide bonds. The molecule has 3 rings (SSSR count). The van der Waals surface area contributed by atoms with Crippen molar-refractivity contribution in [2.45, 2.75) is 25.4 Å². The van der Waals surface area contributed by atoms with Crippen LogP contribution < -0.4 is 10.6 Å². The van der Waals surface area contributed by atoms with E-state index in [0.717, 1.165) is 30.2 Å². The van der Waals surface area contributed by atoms with Gasteiger partial charge in [0.25, 0.3) is 0 Å². The molecular formula is C11H14N4OS. The van der Waals surface area contributed by atoms with Crippen LogP contribution in [-0.4, -0.2) is 27.9 Å². The topological polar surface area (TPSA) is 58.4 Å². The SMILES string of the molecule is O=C1CCC(CNCc2cn3ccsc3n2)N1. The molecule has 0 saturated carbocycles. The highest BCUT2D eigenvalue weighted by atomic mass is 32.1. The third kappa shape index (κ3) is 2.32. The molecule has 2 aromatic heterocycles. The van der Waals surface area contributed by atoms with E-state index >= 15 is 0 Å². The van der Waals surface area contributed by atoms with Crippen LogP contribution in [0, 0.1) is 0 Å². The quantitative estimate of drug-likeness (QED) is 0.842. The molecular weight excluding hydrogens is 236 g/mol. The van der Waals surface area contributed by atoms with E-state index in [1.807, 2.05) is 22.2 Å². The summed E-state index contributed by atoms with van der Waals surface area (Å²) in [6, 6.07) is 0.284. The molecule has 1 unspecified atom stereocenters. The van der Waals surface area contributed by atoms with Crippen molar-refractivity contribution in [3.8, 4) is 0 Å². The van der Waals surface area contributed by atoms with Gasteiger partial charge in [-0.2, -0.15) is 0 Å². The standard InChI is InChI=1S/C11H14N4OS/c16-10-2-1-8(13-10)5-12-6-9-7-15-3-4-17-11(15)14-9/h3-4,7-8,12H,1-2,5-6H2,(H,13,16). The number of fused-ring (bicyclic) bond motifs is 1. The Hall–Kier alpha value is -1.40. The molecule has 0 spiro atoms. The van der Waals surface area contributed by atoms with Gasteiger partial charge in [-0.05, 0) is 6.42 Å². The lowest BCUT2D eigenvalue weighted by atomic mass is 10.2. The first-order chi connectivity index (χ1) is 8.31. The first kappa shape index (κ1) is 10.7. The lowest BCUT2D eigenvalue weighted by Gasteiger charge is -2.09. The summed E-state index contributed by atoms with van der Waals surface area (Å²) in [5.41, 5.74) is 1.04. The highest BCUT2D eigenvalue weighted by molar-refractivity contribution is 7.15. The number of hydrogen-bond acceptors (Lipinski definition) is 4. The monoisotopic (exact) mass is 250 g/mol. The maximum absolute atomic E-state index is 11.0. The third-order valence-electron chi connectivity index (χ3n) is 2.92. The number of hydrogen-bond donors (Lipinski definition) is 2. The molecule has 0 aliphatic carbocycles. The predicted octanol–water partition coefficient (Wildman–Crippen LogP) is 0.764. The van der Waals surface area contributed by atoms with Gasteiger partial charge in [-0.25, -0.2) is 4.98 Å². The summed E-state index contributed by atoms with van der Waals surface area (Å²) in [6.45, 7) is 1.57. The number of aromatic nitrogens is 2. The van der Waals surface area contributed by atoms with Crippen LogP contribution in [0.15, 0.2) is 17.8 Å². The molecule has 1 fully saturated rings. The van der Waals surface area contributed by atoms with Crippen LogP contribution in [0.4, 0.5) is 0 Å². The number of thiazole rings is 1. The molecule has 6 heteroatoms. The van der Waals surface area contributed by atoms with Crippen LogP contribution in [0.25, 0.3) is 4.96 Å². The second-order valence-corrected chi connectivity index (χ2v) is 5.13. The summed E-state index contributed by atoms with van der Waals surface area (Å²) in [5.74, 6) is 0.166. The summed E-state index contributed by atoms with van der Waals surface area (Å²) >= 11 is 1.63. The van der Waals surface area contributed by atoms with Crippen molar-refractivity contribution in [2.75, 3.05) is 6.54 Å². The van der Waals surface area contributed by atoms with Crippen LogP contribution in [0.5, 0.6) is 0 Å². The molecule has 2 aromatic rings. The zero-order valence-corrected chi connectivity index (χ0v) is 10.2. The Kier molecular flexibility index (Phi) is 2.82. The van der Waals surface area contributed by atoms with Gasteiger partial charge >= 0.3 is 0 Å². The number of carbonyl (C=O) groups is 1. The van der Waals surface area contributed by atoms with Crippen LogP contribution in [0.2, 0.25) is 0 Å². The fraction of sp³-hybridized carbons (Fsp3) is 0.455. The fourth-order valence-electron chi connectivity index (χ4n) is 2.07. The molecule has 1 aliphatic heterocycles. The minimum Gasteiger partial charge on any atom is -0.352 e. The molecule has 2 N–H and O–H groups in total. The van der Waals surface area contributed by atoms with E-state index < -0.39 is 0 Å². The summed E-state index contributed by atoms with van der Waals surface area (Å²) < 4.78 is 2.03. The molecule has 0 radical (unpaired) electrons. The summed E-state index contributed by atoms with van der Waals surface area (Å²) in [7, 11) is 0. The van der Waals surface area contributed by atoms with E-state index in [1.165, 1.54) is 0 Å². The van der Waals surface area contributed by atoms with Gasteiger partial charge < -0.3 is 10.6 Å². The van der Waals surface area contributed by atoms with Gasteiger partial charge in [-0.3, -0.25) is 9.20 Å². The van der Waals surface area contributed by atoms with E-state index in [9.17, 15) is 4.79 Å². The van der Waals surface area contributed by atoms with Crippen molar-refractivity contribution < 1.29 is 4.79 Å². The molecule has 3 heterocycles. The van der Waals surface area contributed by atoms with Gasteiger partial charge in [0.2, 0.25) is 5.91 Å². The van der Waals surface area contributed by atoms with Gasteiger partial charge in [0.15, 0.2) is 4.96 Å². The second-order valence-electron chi connectivity index (χ2n) is 4.26. The van der Waals surface area contributed by atoms with Gasteiger partial charge in [0.05, 0.1) is 5.69 Å². The molecule has 1 aliphatic rings. The van der Waals surface area contributed by atoms with Crippen molar-refractivity contribution >= 4 is 22.2 Å². The van der Waals surface area contributed by atoms with Crippen LogP contribution in [-0.2, 0) is 11.3 Å². The molecule has 0 aromatic carbocycles. The van der Waals surface area contributed by atoms with Gasteiger partial charge in [-0.15, -0.1) is 11.3 Å². The Morgan fingerprint density at radius 2 is 2.59 bits per heavy atom. The third-order valence-corrected chi connectivity index (χ3v) is 3.70. The average molecular weight is 250 g/mol. The number of imidazole rings is 1. The normalized spacial score (nSPS) is 20.0. The molecule has 17 heavy (non-hydrogen) atoms. The number of rotatable bonds is 4. The van der Waals surface area contributed by atoms with E-state index in [1.54, 1.807) is 11.3 Å². The van der Waals surface area contributed by atoms with Crippen LogP contribution >= 0.6 is 11.3 Å². The van der Waals surface area contributed by atoms with E-state index in [-0.39, 0.29) is 11.9 Å². The Morgan fingerprint density at radius 1 is 1.65 bits per heavy atom. The molecule has 1 atom stereocenters. The number of amides is 1. The van der Waals surface area contributed by atoms with Gasteiger partial charge in [-0.1, -0.05) is 0 Å². The highest BCUT2D eigenvalue weighted by Crippen LogP contribution is 2.11. The van der Waals surface area contributed by atoms with E-state index in [2.05, 4.69) is 15.6 Å². The molecule has 5 nitrogen and oxygen atoms in total. The van der Waals surface area contributed by atoms with Crippen molar-refractivity contribution in [1.29, 1.82) is 0 Å². The first-order valence-corrected chi connectivity index (χ1v) is 6.60. The van der Waals surface area contributed by atoms with Gasteiger partial charge in [0.1, 0.15) is 0 Å². The fourth-order valence-corrected chi connectivity index (χ4v) is 2.79. The molecule has 1 saturated heterocycles. The van der Waals surface area contributed by atoms with Gasteiger partial charge in [0, 0.05) is 43.3 Å². The Labute approximate surface area is 103 Å². The second kappa shape index (κ2) is 4.46. The van der Waals surface area contributed by atoms with Crippen molar-refractivity contribution in [3.05, 3.63) is 23.5 Å². The largest absolute Gasteiger partial charge is 0.352 e.